The summed E-state index contributed by atoms with van der Waals surface area (Å²) in [6.07, 6.45) is 0.391. The predicted molar refractivity (Wildman–Crippen MR) is 100.0 cm³/mol. The largest absolute Gasteiger partial charge is 0.462 e. The monoisotopic (exact) mass is 340 g/mol. The SMILES string of the molecule is CCOC(=O)c1ccc(NC(=O)CCN(CC)c2ccccc2)cc1. The Bertz CT molecular complexity index is 684. The van der Waals surface area contributed by atoms with Crippen LogP contribution in [0, 0.1) is 0 Å². The maximum absolute atomic E-state index is 12.2. The van der Waals surface area contributed by atoms with Crippen molar-refractivity contribution in [2.24, 2.45) is 0 Å². The van der Waals surface area contributed by atoms with Crippen molar-refractivity contribution >= 4 is 23.3 Å². The van der Waals surface area contributed by atoms with Gasteiger partial charge >= 0.3 is 5.97 Å². The number of hydrogen-bond donors (Lipinski definition) is 1. The molecule has 0 aliphatic carbocycles. The smallest absolute Gasteiger partial charge is 0.338 e. The number of hydrogen-bond acceptors (Lipinski definition) is 4. The van der Waals surface area contributed by atoms with E-state index >= 15 is 0 Å². The van der Waals surface area contributed by atoms with Gasteiger partial charge in [-0.25, -0.2) is 4.79 Å². The molecule has 0 aliphatic rings. The lowest BCUT2D eigenvalue weighted by Crippen LogP contribution is -2.27. The Hall–Kier alpha value is -2.82. The van der Waals surface area contributed by atoms with Gasteiger partial charge < -0.3 is 15.0 Å². The molecule has 1 N–H and O–H groups in total. The third-order valence-corrected chi connectivity index (χ3v) is 3.79. The second-order valence-corrected chi connectivity index (χ2v) is 5.51. The van der Waals surface area contributed by atoms with Gasteiger partial charge in [-0.15, -0.1) is 0 Å². The Morgan fingerprint density at radius 2 is 1.68 bits per heavy atom. The third-order valence-electron chi connectivity index (χ3n) is 3.79. The lowest BCUT2D eigenvalue weighted by molar-refractivity contribution is -0.116. The summed E-state index contributed by atoms with van der Waals surface area (Å²) in [7, 11) is 0. The molecule has 0 saturated heterocycles. The fraction of sp³-hybridized carbons (Fsp3) is 0.300. The van der Waals surface area contributed by atoms with Crippen LogP contribution in [0.2, 0.25) is 0 Å². The van der Waals surface area contributed by atoms with E-state index in [-0.39, 0.29) is 11.9 Å². The molecule has 5 heteroatoms. The van der Waals surface area contributed by atoms with E-state index in [1.165, 1.54) is 0 Å². The van der Waals surface area contributed by atoms with E-state index in [1.54, 1.807) is 31.2 Å². The first-order valence-corrected chi connectivity index (χ1v) is 8.51. The Morgan fingerprint density at radius 3 is 2.28 bits per heavy atom. The highest BCUT2D eigenvalue weighted by Gasteiger charge is 2.09. The summed E-state index contributed by atoms with van der Waals surface area (Å²) in [6.45, 7) is 5.66. The summed E-state index contributed by atoms with van der Waals surface area (Å²) in [5.74, 6) is -0.417. The van der Waals surface area contributed by atoms with Crippen LogP contribution < -0.4 is 10.2 Å². The fourth-order valence-electron chi connectivity index (χ4n) is 2.47. The Kier molecular flexibility index (Phi) is 7.01. The van der Waals surface area contributed by atoms with E-state index in [1.807, 2.05) is 30.3 Å². The number of amides is 1. The molecule has 0 aromatic heterocycles. The maximum atomic E-state index is 12.2. The van der Waals surface area contributed by atoms with Crippen molar-refractivity contribution in [1.82, 2.24) is 0 Å². The number of anilines is 2. The molecule has 0 bridgehead atoms. The van der Waals surface area contributed by atoms with Crippen LogP contribution in [-0.2, 0) is 9.53 Å². The first-order chi connectivity index (χ1) is 12.1. The van der Waals surface area contributed by atoms with Crippen LogP contribution in [0.4, 0.5) is 11.4 Å². The zero-order chi connectivity index (χ0) is 18.1. The van der Waals surface area contributed by atoms with Gasteiger partial charge in [0.15, 0.2) is 0 Å². The molecule has 25 heavy (non-hydrogen) atoms. The summed E-state index contributed by atoms with van der Waals surface area (Å²) >= 11 is 0. The second-order valence-electron chi connectivity index (χ2n) is 5.51. The highest BCUT2D eigenvalue weighted by Crippen LogP contribution is 2.14. The van der Waals surface area contributed by atoms with E-state index in [0.717, 1.165) is 12.2 Å². The number of rotatable bonds is 8. The molecule has 0 aliphatic heterocycles. The number of benzene rings is 2. The van der Waals surface area contributed by atoms with Gasteiger partial charge in [-0.2, -0.15) is 0 Å². The minimum absolute atomic E-state index is 0.0572. The van der Waals surface area contributed by atoms with Crippen LogP contribution in [0.15, 0.2) is 54.6 Å². The van der Waals surface area contributed by atoms with Gasteiger partial charge in [-0.05, 0) is 50.2 Å². The van der Waals surface area contributed by atoms with Crippen LogP contribution in [0.1, 0.15) is 30.6 Å². The summed E-state index contributed by atoms with van der Waals surface area (Å²) in [4.78, 5) is 25.9. The lowest BCUT2D eigenvalue weighted by Gasteiger charge is -2.22. The summed E-state index contributed by atoms with van der Waals surface area (Å²) < 4.78 is 4.94. The predicted octanol–water partition coefficient (Wildman–Crippen LogP) is 3.72. The quantitative estimate of drug-likeness (QED) is 0.744. The first-order valence-electron chi connectivity index (χ1n) is 8.51. The minimum atomic E-state index is -0.359. The van der Waals surface area contributed by atoms with Crippen molar-refractivity contribution in [3.05, 3.63) is 60.2 Å². The van der Waals surface area contributed by atoms with Crippen molar-refractivity contribution in [1.29, 1.82) is 0 Å². The zero-order valence-electron chi connectivity index (χ0n) is 14.7. The lowest BCUT2D eigenvalue weighted by atomic mass is 10.2. The van der Waals surface area contributed by atoms with Crippen molar-refractivity contribution < 1.29 is 14.3 Å². The molecule has 1 amide bonds. The van der Waals surface area contributed by atoms with Gasteiger partial charge in [0.2, 0.25) is 5.91 Å². The number of esters is 1. The van der Waals surface area contributed by atoms with Crippen molar-refractivity contribution in [3.63, 3.8) is 0 Å². The highest BCUT2D eigenvalue weighted by molar-refractivity contribution is 5.93. The zero-order valence-corrected chi connectivity index (χ0v) is 14.7. The molecule has 0 fully saturated rings. The van der Waals surface area contributed by atoms with Gasteiger partial charge in [0.1, 0.15) is 0 Å². The van der Waals surface area contributed by atoms with E-state index in [9.17, 15) is 9.59 Å². The molecule has 5 nitrogen and oxygen atoms in total. The number of carbonyl (C=O) groups is 2. The van der Waals surface area contributed by atoms with Crippen molar-refractivity contribution in [2.75, 3.05) is 29.9 Å². The molecule has 2 rings (SSSR count). The molecule has 0 atom stereocenters. The van der Waals surface area contributed by atoms with E-state index < -0.39 is 0 Å². The number of nitrogens with zero attached hydrogens (tertiary/aromatic N) is 1. The maximum Gasteiger partial charge on any atom is 0.338 e. The molecule has 2 aromatic rings. The van der Waals surface area contributed by atoms with Crippen molar-refractivity contribution in [2.45, 2.75) is 20.3 Å². The van der Waals surface area contributed by atoms with Crippen LogP contribution >= 0.6 is 0 Å². The number of ether oxygens (including phenoxy) is 1. The normalized spacial score (nSPS) is 10.2. The standard InChI is InChI=1S/C20H24N2O3/c1-3-22(18-8-6-5-7-9-18)15-14-19(23)21-17-12-10-16(11-13-17)20(24)25-4-2/h5-13H,3-4,14-15H2,1-2H3,(H,21,23). The number of para-hydroxylation sites is 1. The number of nitrogens with one attached hydrogen (secondary N) is 1. The fourth-order valence-corrected chi connectivity index (χ4v) is 2.47. The molecule has 2 aromatic carbocycles. The minimum Gasteiger partial charge on any atom is -0.462 e. The topological polar surface area (TPSA) is 58.6 Å². The molecular formula is C20H24N2O3. The Labute approximate surface area is 148 Å². The van der Waals surface area contributed by atoms with E-state index in [2.05, 4.69) is 17.1 Å². The van der Waals surface area contributed by atoms with Crippen LogP contribution in [0.3, 0.4) is 0 Å². The van der Waals surface area contributed by atoms with E-state index in [4.69, 9.17) is 4.74 Å². The average Bonchev–Trinajstić information content (AvgIpc) is 2.64. The molecule has 0 saturated carbocycles. The molecular weight excluding hydrogens is 316 g/mol. The molecule has 0 heterocycles. The van der Waals surface area contributed by atoms with Gasteiger partial charge in [-0.3, -0.25) is 4.79 Å². The van der Waals surface area contributed by atoms with Gasteiger partial charge in [0.05, 0.1) is 12.2 Å². The van der Waals surface area contributed by atoms with Gasteiger partial charge in [0.25, 0.3) is 0 Å². The first kappa shape index (κ1) is 18.5. The molecule has 132 valence electrons. The van der Waals surface area contributed by atoms with Crippen LogP contribution in [-0.4, -0.2) is 31.6 Å². The molecule has 0 spiro atoms. The van der Waals surface area contributed by atoms with Crippen LogP contribution in [0.5, 0.6) is 0 Å². The average molecular weight is 340 g/mol. The highest BCUT2D eigenvalue weighted by atomic mass is 16.5. The van der Waals surface area contributed by atoms with Crippen LogP contribution in [0.25, 0.3) is 0 Å². The van der Waals surface area contributed by atoms with Gasteiger partial charge in [0, 0.05) is 30.9 Å². The third kappa shape index (κ3) is 5.64. The summed E-state index contributed by atoms with van der Waals surface area (Å²) in [5.41, 5.74) is 2.25. The summed E-state index contributed by atoms with van der Waals surface area (Å²) in [6, 6.07) is 16.7. The second kappa shape index (κ2) is 9.47. The molecule has 0 radical (unpaired) electrons. The van der Waals surface area contributed by atoms with E-state index in [0.29, 0.717) is 30.8 Å². The van der Waals surface area contributed by atoms with Gasteiger partial charge in [-0.1, -0.05) is 18.2 Å². The number of carbonyl (C=O) groups excluding carboxylic acids is 2. The molecule has 0 unspecified atom stereocenters. The Morgan fingerprint density at radius 1 is 1.00 bits per heavy atom. The van der Waals surface area contributed by atoms with Crippen molar-refractivity contribution in [3.8, 4) is 0 Å². The Balaban J connectivity index is 1.86. The summed E-state index contributed by atoms with van der Waals surface area (Å²) in [5, 5.41) is 2.85.